The van der Waals surface area contributed by atoms with E-state index in [0.29, 0.717) is 28.6 Å². The zero-order valence-corrected chi connectivity index (χ0v) is 20.6. The number of halogens is 4. The second kappa shape index (κ2) is 10.4. The van der Waals surface area contributed by atoms with Gasteiger partial charge in [0.15, 0.2) is 17.8 Å². The van der Waals surface area contributed by atoms with Crippen molar-refractivity contribution >= 4 is 23.2 Å². The molecule has 2 aromatic carbocycles. The molecule has 3 aromatic rings. The Hall–Kier alpha value is -3.19. The van der Waals surface area contributed by atoms with E-state index in [9.17, 15) is 28.0 Å². The zero-order chi connectivity index (χ0) is 26.1. The summed E-state index contributed by atoms with van der Waals surface area (Å²) in [6.07, 6.45) is -0.426. The van der Waals surface area contributed by atoms with Crippen LogP contribution in [0.25, 0.3) is 11.1 Å². The number of ketones is 2. The predicted molar refractivity (Wildman–Crippen MR) is 131 cm³/mol. The van der Waals surface area contributed by atoms with Crippen LogP contribution in [0, 0.1) is 22.9 Å². The van der Waals surface area contributed by atoms with Crippen molar-refractivity contribution in [2.75, 3.05) is 0 Å². The molecule has 0 N–H and O–H groups in total. The van der Waals surface area contributed by atoms with Crippen LogP contribution in [0.3, 0.4) is 0 Å². The monoisotopic (exact) mass is 515 g/mol. The van der Waals surface area contributed by atoms with Crippen molar-refractivity contribution < 1.29 is 27.5 Å². The average Bonchev–Trinajstić information content (AvgIpc) is 3.53. The van der Waals surface area contributed by atoms with Crippen LogP contribution < -0.4 is 4.73 Å². The molecule has 0 radical (unpaired) electrons. The molecule has 8 heteroatoms. The van der Waals surface area contributed by atoms with Crippen molar-refractivity contribution in [2.24, 2.45) is 11.8 Å². The van der Waals surface area contributed by atoms with Crippen LogP contribution in [0.1, 0.15) is 66.2 Å². The fourth-order valence-corrected chi connectivity index (χ4v) is 4.74. The second-order valence-corrected chi connectivity index (χ2v) is 9.86. The Morgan fingerprint density at radius 2 is 1.78 bits per heavy atom. The Bertz CT molecular complexity index is 1310. The maximum absolute atomic E-state index is 14.7. The molecule has 1 aliphatic carbocycles. The van der Waals surface area contributed by atoms with Crippen molar-refractivity contribution in [2.45, 2.75) is 45.5 Å². The molecule has 1 heterocycles. The Morgan fingerprint density at radius 3 is 2.33 bits per heavy atom. The van der Waals surface area contributed by atoms with Crippen molar-refractivity contribution in [1.82, 2.24) is 0 Å². The number of alkyl halides is 2. The Kier molecular flexibility index (Phi) is 7.50. The molecule has 3 unspecified atom stereocenters. The topological polar surface area (TPSA) is 61.1 Å². The van der Waals surface area contributed by atoms with E-state index in [4.69, 9.17) is 11.6 Å². The summed E-state index contributed by atoms with van der Waals surface area (Å²) < 4.78 is 42.3. The van der Waals surface area contributed by atoms with E-state index < -0.39 is 29.3 Å². The minimum Gasteiger partial charge on any atom is -0.618 e. The molecule has 0 aliphatic heterocycles. The van der Waals surface area contributed by atoms with Gasteiger partial charge in [0.1, 0.15) is 11.7 Å². The van der Waals surface area contributed by atoms with E-state index >= 15 is 0 Å². The van der Waals surface area contributed by atoms with Crippen molar-refractivity contribution in [3.63, 3.8) is 0 Å². The first kappa shape index (κ1) is 25.9. The average molecular weight is 516 g/mol. The SMILES string of the molecule is CC(=O)c1ccc(CC(=O)C(CC2CC2C)c2ccc(-c3c(C(F)F)ccc(Cl)c3F)c[n+]2[O-])cc1. The molecule has 0 amide bonds. The van der Waals surface area contributed by atoms with Crippen LogP contribution in [0.4, 0.5) is 13.2 Å². The lowest BCUT2D eigenvalue weighted by molar-refractivity contribution is -0.614. The highest BCUT2D eigenvalue weighted by atomic mass is 35.5. The van der Waals surface area contributed by atoms with Gasteiger partial charge in [-0.1, -0.05) is 48.9 Å². The van der Waals surface area contributed by atoms with Crippen LogP contribution in [-0.2, 0) is 11.2 Å². The maximum Gasteiger partial charge on any atom is 0.264 e. The van der Waals surface area contributed by atoms with E-state index in [1.807, 2.05) is 0 Å². The molecule has 4 nitrogen and oxygen atoms in total. The molecule has 1 fully saturated rings. The summed E-state index contributed by atoms with van der Waals surface area (Å²) in [5, 5.41) is 12.7. The lowest BCUT2D eigenvalue weighted by Crippen LogP contribution is -2.36. The summed E-state index contributed by atoms with van der Waals surface area (Å²) in [7, 11) is 0. The lowest BCUT2D eigenvalue weighted by Gasteiger charge is -2.17. The number of rotatable bonds is 9. The lowest BCUT2D eigenvalue weighted by atomic mass is 9.88. The predicted octanol–water partition coefficient (Wildman–Crippen LogP) is 6.86. The molecule has 36 heavy (non-hydrogen) atoms. The smallest absolute Gasteiger partial charge is 0.264 e. The van der Waals surface area contributed by atoms with Crippen molar-refractivity contribution in [3.05, 3.63) is 93.2 Å². The second-order valence-electron chi connectivity index (χ2n) is 9.45. The highest BCUT2D eigenvalue weighted by molar-refractivity contribution is 6.31. The van der Waals surface area contributed by atoms with Gasteiger partial charge in [-0.2, -0.15) is 4.73 Å². The molecule has 1 aliphatic rings. The van der Waals surface area contributed by atoms with E-state index in [1.165, 1.54) is 19.1 Å². The summed E-state index contributed by atoms with van der Waals surface area (Å²) in [4.78, 5) is 24.9. The standard InChI is InChI=1S/C28H25ClF3NO3/c1-15-11-20(15)13-22(25(35)12-17-3-5-18(6-4-17)16(2)34)24-10-7-19(14-33(24)36)26-21(28(31)32)8-9-23(29)27(26)30/h3-10,14-15,20,22,28H,11-13H2,1-2H3. The number of hydrogen-bond acceptors (Lipinski definition) is 3. The van der Waals surface area contributed by atoms with Crippen LogP contribution >= 0.6 is 11.6 Å². The molecule has 1 saturated carbocycles. The summed E-state index contributed by atoms with van der Waals surface area (Å²) in [5.41, 5.74) is 0.393. The third-order valence-electron chi connectivity index (χ3n) is 6.89. The zero-order valence-electron chi connectivity index (χ0n) is 19.8. The molecule has 188 valence electrons. The minimum absolute atomic E-state index is 0.0464. The van der Waals surface area contributed by atoms with Crippen molar-refractivity contribution in [1.29, 1.82) is 0 Å². The number of carbonyl (C=O) groups excluding carboxylic acids is 2. The van der Waals surface area contributed by atoms with Crippen LogP contribution in [0.5, 0.6) is 0 Å². The summed E-state index contributed by atoms with van der Waals surface area (Å²) in [6.45, 7) is 3.54. The van der Waals surface area contributed by atoms with Gasteiger partial charge in [-0.25, -0.2) is 13.2 Å². The number of carbonyl (C=O) groups is 2. The summed E-state index contributed by atoms with van der Waals surface area (Å²) >= 11 is 5.82. The van der Waals surface area contributed by atoms with E-state index in [1.54, 1.807) is 24.3 Å². The Labute approximate surface area is 212 Å². The van der Waals surface area contributed by atoms with Gasteiger partial charge in [0, 0.05) is 29.2 Å². The minimum atomic E-state index is -2.97. The fourth-order valence-electron chi connectivity index (χ4n) is 4.58. The van der Waals surface area contributed by atoms with Crippen LogP contribution in [0.15, 0.2) is 54.7 Å². The highest BCUT2D eigenvalue weighted by Gasteiger charge is 2.39. The largest absolute Gasteiger partial charge is 0.618 e. The first-order valence-electron chi connectivity index (χ1n) is 11.7. The molecule has 0 bridgehead atoms. The van der Waals surface area contributed by atoms with Gasteiger partial charge in [0.05, 0.1) is 10.6 Å². The molecule has 0 spiro atoms. The van der Waals surface area contributed by atoms with Gasteiger partial charge in [0.2, 0.25) is 5.69 Å². The van der Waals surface area contributed by atoms with Gasteiger partial charge < -0.3 is 5.21 Å². The molecular formula is C28H25ClF3NO3. The fraction of sp³-hybridized carbons (Fsp3) is 0.321. The van der Waals surface area contributed by atoms with E-state index in [-0.39, 0.29) is 34.3 Å². The number of aromatic nitrogens is 1. The van der Waals surface area contributed by atoms with Crippen LogP contribution in [0.2, 0.25) is 5.02 Å². The number of nitrogens with zero attached hydrogens (tertiary/aromatic N) is 1. The van der Waals surface area contributed by atoms with Gasteiger partial charge in [0.25, 0.3) is 6.43 Å². The summed E-state index contributed by atoms with van der Waals surface area (Å²) in [6, 6.07) is 11.6. The number of benzene rings is 2. The molecule has 0 saturated heterocycles. The van der Waals surface area contributed by atoms with Gasteiger partial charge in [-0.15, -0.1) is 0 Å². The van der Waals surface area contributed by atoms with E-state index in [0.717, 1.165) is 30.3 Å². The molecule has 4 rings (SSSR count). The summed E-state index contributed by atoms with van der Waals surface area (Å²) in [5.74, 6) is -1.23. The first-order valence-corrected chi connectivity index (χ1v) is 12.1. The third kappa shape index (κ3) is 5.46. The number of hydrogen-bond donors (Lipinski definition) is 0. The Morgan fingerprint density at radius 1 is 1.11 bits per heavy atom. The highest BCUT2D eigenvalue weighted by Crippen LogP contribution is 2.45. The molecule has 1 aromatic heterocycles. The van der Waals surface area contributed by atoms with Crippen molar-refractivity contribution in [3.8, 4) is 11.1 Å². The van der Waals surface area contributed by atoms with E-state index in [2.05, 4.69) is 6.92 Å². The molecule has 3 atom stereocenters. The molecular weight excluding hydrogens is 491 g/mol. The quantitative estimate of drug-likeness (QED) is 0.178. The van der Waals surface area contributed by atoms with Crippen LogP contribution in [-0.4, -0.2) is 11.6 Å². The third-order valence-corrected chi connectivity index (χ3v) is 7.19. The Balaban J connectivity index is 1.67. The van der Waals surface area contributed by atoms with Gasteiger partial charge in [-0.05, 0) is 49.3 Å². The van der Waals surface area contributed by atoms with Gasteiger partial charge >= 0.3 is 0 Å². The number of Topliss-reactive ketones (excluding diaryl/α,β-unsaturated/α-hetero) is 2. The maximum atomic E-state index is 14.7. The first-order chi connectivity index (χ1) is 17.1. The van der Waals surface area contributed by atoms with Gasteiger partial charge in [-0.3, -0.25) is 9.59 Å². The number of pyridine rings is 1. The normalized spacial score (nSPS) is 17.8.